The number of carbonyl (C=O) groups excluding carboxylic acids is 3. The summed E-state index contributed by atoms with van der Waals surface area (Å²) in [6.45, 7) is 5.69. The smallest absolute Gasteiger partial charge is 0.421 e. The quantitative estimate of drug-likeness (QED) is 0.538. The molecule has 1 saturated heterocycles. The van der Waals surface area contributed by atoms with Crippen molar-refractivity contribution in [3.8, 4) is 0 Å². The lowest BCUT2D eigenvalue weighted by Gasteiger charge is -2.33. The highest BCUT2D eigenvalue weighted by atomic mass is 16.5. The molecule has 0 N–H and O–H groups in total. The molecule has 2 aliphatic heterocycles. The van der Waals surface area contributed by atoms with Gasteiger partial charge < -0.3 is 4.74 Å². The second-order valence-corrected chi connectivity index (χ2v) is 6.14. The molecule has 0 aliphatic carbocycles. The summed E-state index contributed by atoms with van der Waals surface area (Å²) in [7, 11) is 2.74. The van der Waals surface area contributed by atoms with Gasteiger partial charge in [0.25, 0.3) is 5.91 Å². The van der Waals surface area contributed by atoms with Crippen LogP contribution in [0.5, 0.6) is 0 Å². The number of fused-ring (bicyclic) bond motifs is 1. The highest BCUT2D eigenvalue weighted by Crippen LogP contribution is 2.21. The molecular weight excluding hydrogens is 340 g/mol. The number of esters is 1. The SMILES string of the molecule is CC[N+]1=C(n2nc(C)cc2C)N=C2C1C(=O)N(CC(=O)OC)C(=O)N2C. The minimum atomic E-state index is -0.786. The van der Waals surface area contributed by atoms with Gasteiger partial charge in [-0.05, 0) is 26.8 Å². The lowest BCUT2D eigenvalue weighted by molar-refractivity contribution is -0.534. The first kappa shape index (κ1) is 17.8. The van der Waals surface area contributed by atoms with Gasteiger partial charge in [0.1, 0.15) is 12.2 Å². The van der Waals surface area contributed by atoms with Gasteiger partial charge in [0.15, 0.2) is 0 Å². The zero-order valence-corrected chi connectivity index (χ0v) is 15.4. The average Bonchev–Trinajstić information content (AvgIpc) is 3.15. The van der Waals surface area contributed by atoms with Crippen LogP contribution in [0.15, 0.2) is 11.1 Å². The molecule has 3 rings (SSSR count). The number of methoxy groups -OCH3 is 1. The fourth-order valence-electron chi connectivity index (χ4n) is 3.17. The van der Waals surface area contributed by atoms with Crippen LogP contribution in [0.1, 0.15) is 18.3 Å². The maximum atomic E-state index is 13.0. The molecule has 3 heterocycles. The number of urea groups is 1. The Morgan fingerprint density at radius 1 is 1.35 bits per heavy atom. The lowest BCUT2D eigenvalue weighted by atomic mass is 10.1. The summed E-state index contributed by atoms with van der Waals surface area (Å²) in [5, 5.41) is 4.43. The molecule has 2 aliphatic rings. The average molecular weight is 361 g/mol. The molecule has 0 spiro atoms. The number of imide groups is 1. The van der Waals surface area contributed by atoms with Crippen molar-refractivity contribution in [2.24, 2.45) is 4.99 Å². The topological polar surface area (TPSA) is 100 Å². The van der Waals surface area contributed by atoms with Gasteiger partial charge in [0, 0.05) is 7.05 Å². The third-order valence-electron chi connectivity index (χ3n) is 4.44. The standard InChI is InChI=1S/C16H21N6O4/c1-6-20-12-13(17-15(20)22-10(3)7-9(2)18-22)19(4)16(25)21(14(12)24)8-11(23)26-5/h7,12H,6,8H2,1-5H3/q+1. The monoisotopic (exact) mass is 361 g/mol. The van der Waals surface area contributed by atoms with Crippen LogP contribution >= 0.6 is 0 Å². The molecule has 26 heavy (non-hydrogen) atoms. The van der Waals surface area contributed by atoms with Crippen molar-refractivity contribution in [3.63, 3.8) is 0 Å². The highest BCUT2D eigenvalue weighted by Gasteiger charge is 2.53. The first-order chi connectivity index (χ1) is 12.3. The van der Waals surface area contributed by atoms with Gasteiger partial charge in [-0.3, -0.25) is 14.5 Å². The third kappa shape index (κ3) is 2.57. The highest BCUT2D eigenvalue weighted by molar-refractivity contribution is 6.23. The van der Waals surface area contributed by atoms with Crippen LogP contribution in [0, 0.1) is 13.8 Å². The zero-order chi connectivity index (χ0) is 19.2. The van der Waals surface area contributed by atoms with Gasteiger partial charge >= 0.3 is 18.0 Å². The molecule has 1 aromatic heterocycles. The minimum absolute atomic E-state index is 0.325. The fraction of sp³-hybridized carbons (Fsp3) is 0.500. The van der Waals surface area contributed by atoms with Crippen LogP contribution in [-0.2, 0) is 14.3 Å². The van der Waals surface area contributed by atoms with Crippen LogP contribution in [0.2, 0.25) is 0 Å². The van der Waals surface area contributed by atoms with Crippen molar-refractivity contribution in [2.75, 3.05) is 27.2 Å². The molecule has 138 valence electrons. The Balaban J connectivity index is 2.08. The summed E-state index contributed by atoms with van der Waals surface area (Å²) in [6, 6.07) is 0.510. The van der Waals surface area contributed by atoms with Gasteiger partial charge in [-0.2, -0.15) is 0 Å². The Morgan fingerprint density at radius 2 is 2.04 bits per heavy atom. The molecule has 0 saturated carbocycles. The normalized spacial score (nSPS) is 19.9. The van der Waals surface area contributed by atoms with E-state index in [0.717, 1.165) is 16.3 Å². The van der Waals surface area contributed by atoms with Crippen molar-refractivity contribution in [2.45, 2.75) is 26.8 Å². The number of hydrogen-bond donors (Lipinski definition) is 0. The molecule has 10 nitrogen and oxygen atoms in total. The van der Waals surface area contributed by atoms with Crippen LogP contribution < -0.4 is 0 Å². The Hall–Kier alpha value is -3.04. The van der Waals surface area contributed by atoms with Crippen molar-refractivity contribution in [3.05, 3.63) is 17.5 Å². The number of carbonyl (C=O) groups is 3. The van der Waals surface area contributed by atoms with E-state index in [4.69, 9.17) is 0 Å². The molecular formula is C16H21N6O4+. The zero-order valence-electron chi connectivity index (χ0n) is 15.4. The first-order valence-corrected chi connectivity index (χ1v) is 8.21. The van der Waals surface area contributed by atoms with Crippen LogP contribution in [0.4, 0.5) is 4.79 Å². The minimum Gasteiger partial charge on any atom is -0.468 e. The van der Waals surface area contributed by atoms with Gasteiger partial charge in [-0.25, -0.2) is 14.3 Å². The number of ether oxygens (including phenoxy) is 1. The predicted octanol–water partition coefficient (Wildman–Crippen LogP) is -0.416. The van der Waals surface area contributed by atoms with E-state index in [-0.39, 0.29) is 0 Å². The molecule has 3 amide bonds. The Bertz CT molecular complexity index is 868. The molecule has 1 unspecified atom stereocenters. The Morgan fingerprint density at radius 3 is 2.58 bits per heavy atom. The molecule has 1 atom stereocenters. The molecule has 10 heteroatoms. The van der Waals surface area contributed by atoms with E-state index < -0.39 is 30.5 Å². The van der Waals surface area contributed by atoms with Crippen molar-refractivity contribution < 1.29 is 23.7 Å². The van der Waals surface area contributed by atoms with Crippen LogP contribution in [0.3, 0.4) is 0 Å². The summed E-state index contributed by atoms with van der Waals surface area (Å²) in [5.74, 6) is -0.364. The number of aromatic nitrogens is 2. The number of likely N-dealkylation sites (N-methyl/N-ethyl adjacent to an activating group) is 2. The molecule has 1 fully saturated rings. The summed E-state index contributed by atoms with van der Waals surface area (Å²) in [5.41, 5.74) is 1.69. The van der Waals surface area contributed by atoms with E-state index in [1.54, 1.807) is 9.26 Å². The van der Waals surface area contributed by atoms with Gasteiger partial charge in [0.05, 0.1) is 19.3 Å². The van der Waals surface area contributed by atoms with E-state index in [0.29, 0.717) is 18.3 Å². The van der Waals surface area contributed by atoms with E-state index >= 15 is 0 Å². The van der Waals surface area contributed by atoms with Gasteiger partial charge in [-0.15, -0.1) is 9.78 Å². The lowest BCUT2D eigenvalue weighted by Crippen LogP contribution is -2.63. The third-order valence-corrected chi connectivity index (χ3v) is 4.44. The largest absolute Gasteiger partial charge is 0.468 e. The number of hydrogen-bond acceptors (Lipinski definition) is 6. The Kier molecular flexibility index (Phi) is 4.34. The number of aryl methyl sites for hydroxylation is 2. The predicted molar refractivity (Wildman–Crippen MR) is 91.0 cm³/mol. The summed E-state index contributed by atoms with van der Waals surface area (Å²) < 4.78 is 8.01. The number of amidine groups is 1. The van der Waals surface area contributed by atoms with Crippen molar-refractivity contribution >= 4 is 29.7 Å². The van der Waals surface area contributed by atoms with Crippen molar-refractivity contribution in [1.82, 2.24) is 19.6 Å². The number of amides is 3. The number of rotatable bonds is 3. The summed E-state index contributed by atoms with van der Waals surface area (Å²) in [4.78, 5) is 43.8. The van der Waals surface area contributed by atoms with E-state index in [9.17, 15) is 14.4 Å². The number of nitrogens with zero attached hydrogens (tertiary/aromatic N) is 6. The van der Waals surface area contributed by atoms with Crippen LogP contribution in [0.25, 0.3) is 0 Å². The first-order valence-electron chi connectivity index (χ1n) is 8.21. The molecule has 0 radical (unpaired) electrons. The Labute approximate surface area is 150 Å². The van der Waals surface area contributed by atoms with E-state index in [2.05, 4.69) is 14.8 Å². The molecule has 1 aromatic rings. The number of aliphatic imine (C=N–C) groups is 1. The van der Waals surface area contributed by atoms with E-state index in [1.807, 2.05) is 26.8 Å². The van der Waals surface area contributed by atoms with E-state index in [1.165, 1.54) is 19.1 Å². The summed E-state index contributed by atoms with van der Waals surface area (Å²) >= 11 is 0. The molecule has 0 bridgehead atoms. The van der Waals surface area contributed by atoms with Gasteiger partial charge in [-0.1, -0.05) is 4.99 Å². The van der Waals surface area contributed by atoms with Crippen LogP contribution in [-0.4, -0.2) is 87.1 Å². The maximum absolute atomic E-state index is 13.0. The van der Waals surface area contributed by atoms with Crippen molar-refractivity contribution in [1.29, 1.82) is 0 Å². The molecule has 0 aromatic carbocycles. The second kappa shape index (κ2) is 6.36. The fourth-order valence-corrected chi connectivity index (χ4v) is 3.17. The maximum Gasteiger partial charge on any atom is 0.421 e. The summed E-state index contributed by atoms with van der Waals surface area (Å²) in [6.07, 6.45) is 0. The second-order valence-electron chi connectivity index (χ2n) is 6.14. The van der Waals surface area contributed by atoms with Gasteiger partial charge in [0.2, 0.25) is 11.9 Å².